The van der Waals surface area contributed by atoms with Crippen molar-refractivity contribution in [3.05, 3.63) is 49.1 Å². The standard InChI is InChI=1S/C36H53N3O5S2/c1-6-7-8-9-10-11-12-13-18-35(40)44-28(2)29-21-25-38(26-22-29)23-15-24-39-31-16-14-17-34(46(41,42)37(3)4)36(31)45-33-20-19-30(43-5)27-32(33)39/h6,14,16-17,19-20,27-29H,1,7-13,15,18,21-26H2,2-5H3. The van der Waals surface area contributed by atoms with Gasteiger partial charge < -0.3 is 19.3 Å². The summed E-state index contributed by atoms with van der Waals surface area (Å²) >= 11 is 1.50. The lowest BCUT2D eigenvalue weighted by molar-refractivity contribution is -0.151. The lowest BCUT2D eigenvalue weighted by Crippen LogP contribution is -2.39. The average molecular weight is 672 g/mol. The zero-order valence-electron chi connectivity index (χ0n) is 28.2. The molecule has 0 spiro atoms. The first-order chi connectivity index (χ1) is 22.1. The quantitative estimate of drug-likeness (QED) is 0.0900. The molecule has 1 atom stereocenters. The Balaban J connectivity index is 1.27. The first-order valence-electron chi connectivity index (χ1n) is 16.9. The van der Waals surface area contributed by atoms with Crippen LogP contribution in [-0.4, -0.2) is 77.1 Å². The number of allylic oxidation sites excluding steroid dienone is 1. The van der Waals surface area contributed by atoms with Gasteiger partial charge in [-0.3, -0.25) is 4.79 Å². The van der Waals surface area contributed by atoms with E-state index in [1.165, 1.54) is 41.8 Å². The maximum atomic E-state index is 13.2. The third-order valence-electron chi connectivity index (χ3n) is 9.19. The number of methoxy groups -OCH3 is 1. The van der Waals surface area contributed by atoms with Crippen LogP contribution in [0.1, 0.15) is 77.6 Å². The zero-order valence-corrected chi connectivity index (χ0v) is 29.8. The van der Waals surface area contributed by atoms with Gasteiger partial charge in [0.25, 0.3) is 0 Å². The van der Waals surface area contributed by atoms with Crippen molar-refractivity contribution in [2.45, 2.75) is 98.3 Å². The van der Waals surface area contributed by atoms with Crippen molar-refractivity contribution >= 4 is 39.1 Å². The van der Waals surface area contributed by atoms with Crippen molar-refractivity contribution in [3.63, 3.8) is 0 Å². The molecule has 0 N–H and O–H groups in total. The number of piperidine rings is 1. The predicted octanol–water partition coefficient (Wildman–Crippen LogP) is 7.89. The second kappa shape index (κ2) is 17.6. The van der Waals surface area contributed by atoms with E-state index >= 15 is 0 Å². The summed E-state index contributed by atoms with van der Waals surface area (Å²) in [5, 5.41) is 0. The monoisotopic (exact) mass is 671 g/mol. The number of nitrogens with zero attached hydrogens (tertiary/aromatic N) is 3. The molecule has 254 valence electrons. The second-order valence-electron chi connectivity index (χ2n) is 12.7. The Labute approximate surface area is 281 Å². The number of fused-ring (bicyclic) bond motifs is 2. The van der Waals surface area contributed by atoms with Crippen LogP contribution in [0.3, 0.4) is 0 Å². The fourth-order valence-electron chi connectivity index (χ4n) is 6.35. The number of hydrogen-bond acceptors (Lipinski definition) is 8. The molecule has 1 fully saturated rings. The second-order valence-corrected chi connectivity index (χ2v) is 15.8. The van der Waals surface area contributed by atoms with E-state index in [1.54, 1.807) is 27.3 Å². The molecular formula is C36H53N3O5S2. The highest BCUT2D eigenvalue weighted by Gasteiger charge is 2.31. The Bertz CT molecular complexity index is 1410. The van der Waals surface area contributed by atoms with Gasteiger partial charge in [0, 0.05) is 38.0 Å². The molecule has 1 unspecified atom stereocenters. The number of carbonyl (C=O) groups is 1. The number of unbranched alkanes of at least 4 members (excludes halogenated alkanes) is 6. The van der Waals surface area contributed by atoms with E-state index in [9.17, 15) is 13.2 Å². The third kappa shape index (κ3) is 9.52. The van der Waals surface area contributed by atoms with Gasteiger partial charge in [0.15, 0.2) is 0 Å². The summed E-state index contributed by atoms with van der Waals surface area (Å²) in [6, 6.07) is 11.5. The Morgan fingerprint density at radius 2 is 1.74 bits per heavy atom. The van der Waals surface area contributed by atoms with Crippen LogP contribution in [0.5, 0.6) is 5.75 Å². The topological polar surface area (TPSA) is 79.4 Å². The SMILES string of the molecule is C=CCCCCCCCCC(=O)OC(C)C1CCN(CCCN2c3cc(OC)ccc3Sc3c2cccc3S(=O)(=O)N(C)C)CC1. The van der Waals surface area contributed by atoms with Gasteiger partial charge in [-0.25, -0.2) is 12.7 Å². The molecule has 10 heteroatoms. The Morgan fingerprint density at radius 1 is 1.02 bits per heavy atom. The van der Waals surface area contributed by atoms with Crippen LogP contribution in [0.4, 0.5) is 11.4 Å². The van der Waals surface area contributed by atoms with E-state index in [-0.39, 0.29) is 12.1 Å². The molecule has 2 aliphatic heterocycles. The summed E-state index contributed by atoms with van der Waals surface area (Å²) in [6.45, 7) is 9.50. The minimum atomic E-state index is -3.61. The number of carbonyl (C=O) groups excluding carboxylic acids is 1. The minimum Gasteiger partial charge on any atom is -0.497 e. The molecular weight excluding hydrogens is 619 g/mol. The Kier molecular flexibility index (Phi) is 13.9. The number of likely N-dealkylation sites (tertiary alicyclic amines) is 1. The number of hydrogen-bond donors (Lipinski definition) is 0. The van der Waals surface area contributed by atoms with Crippen LogP contribution >= 0.6 is 11.8 Å². The fourth-order valence-corrected chi connectivity index (χ4v) is 8.85. The van der Waals surface area contributed by atoms with E-state index in [2.05, 4.69) is 23.3 Å². The van der Waals surface area contributed by atoms with Gasteiger partial charge in [-0.2, -0.15) is 0 Å². The smallest absolute Gasteiger partial charge is 0.306 e. The first kappa shape index (κ1) is 36.3. The molecule has 0 saturated carbocycles. The van der Waals surface area contributed by atoms with E-state index in [0.29, 0.717) is 17.2 Å². The van der Waals surface area contributed by atoms with Crippen LogP contribution in [-0.2, 0) is 19.6 Å². The highest BCUT2D eigenvalue weighted by Crippen LogP contribution is 2.51. The van der Waals surface area contributed by atoms with Crippen LogP contribution in [0.2, 0.25) is 0 Å². The number of rotatable bonds is 18. The van der Waals surface area contributed by atoms with Crippen molar-refractivity contribution in [3.8, 4) is 5.75 Å². The van der Waals surface area contributed by atoms with Crippen LogP contribution in [0.15, 0.2) is 63.7 Å². The normalized spacial score (nSPS) is 16.2. The maximum absolute atomic E-state index is 13.2. The molecule has 0 amide bonds. The molecule has 1 saturated heterocycles. The zero-order chi connectivity index (χ0) is 33.1. The highest BCUT2D eigenvalue weighted by molar-refractivity contribution is 8.00. The molecule has 0 bridgehead atoms. The Morgan fingerprint density at radius 3 is 2.43 bits per heavy atom. The molecule has 2 aromatic carbocycles. The summed E-state index contributed by atoms with van der Waals surface area (Å²) in [6.07, 6.45) is 13.4. The van der Waals surface area contributed by atoms with Gasteiger partial charge in [0.05, 0.1) is 28.3 Å². The number of benzene rings is 2. The summed E-state index contributed by atoms with van der Waals surface area (Å²) < 4.78 is 39.1. The van der Waals surface area contributed by atoms with Crippen molar-refractivity contribution in [2.75, 3.05) is 52.3 Å². The van der Waals surface area contributed by atoms with Gasteiger partial charge in [-0.15, -0.1) is 6.58 Å². The van der Waals surface area contributed by atoms with Crippen molar-refractivity contribution in [1.82, 2.24) is 9.21 Å². The summed E-state index contributed by atoms with van der Waals surface area (Å²) in [5.41, 5.74) is 1.95. The third-order valence-corrected chi connectivity index (χ3v) is 12.4. The largest absolute Gasteiger partial charge is 0.497 e. The van der Waals surface area contributed by atoms with Gasteiger partial charge >= 0.3 is 5.97 Å². The molecule has 2 aliphatic rings. The van der Waals surface area contributed by atoms with Gasteiger partial charge in [-0.1, -0.05) is 49.6 Å². The highest BCUT2D eigenvalue weighted by atomic mass is 32.2. The fraction of sp³-hybridized carbons (Fsp3) is 0.583. The lowest BCUT2D eigenvalue weighted by Gasteiger charge is -2.36. The van der Waals surface area contributed by atoms with Gasteiger partial charge in [0.1, 0.15) is 11.9 Å². The minimum absolute atomic E-state index is 0.0463. The number of sulfonamides is 1. The Hall–Kier alpha value is -2.53. The van der Waals surface area contributed by atoms with Crippen LogP contribution in [0, 0.1) is 5.92 Å². The lowest BCUT2D eigenvalue weighted by atomic mass is 9.92. The number of esters is 1. The number of ether oxygens (including phenoxy) is 2. The van der Waals surface area contributed by atoms with Gasteiger partial charge in [-0.05, 0) is 95.3 Å². The van der Waals surface area contributed by atoms with E-state index in [1.807, 2.05) is 36.4 Å². The predicted molar refractivity (Wildman–Crippen MR) is 188 cm³/mol. The molecule has 8 nitrogen and oxygen atoms in total. The average Bonchev–Trinajstić information content (AvgIpc) is 3.05. The molecule has 46 heavy (non-hydrogen) atoms. The van der Waals surface area contributed by atoms with E-state index < -0.39 is 10.0 Å². The van der Waals surface area contributed by atoms with Gasteiger partial charge in [0.2, 0.25) is 10.0 Å². The van der Waals surface area contributed by atoms with Crippen molar-refractivity contribution in [2.24, 2.45) is 5.92 Å². The molecule has 0 aliphatic carbocycles. The molecule has 4 rings (SSSR count). The molecule has 0 radical (unpaired) electrons. The van der Waals surface area contributed by atoms with E-state index in [4.69, 9.17) is 9.47 Å². The first-order valence-corrected chi connectivity index (χ1v) is 19.1. The summed E-state index contributed by atoms with van der Waals surface area (Å²) in [4.78, 5) is 19.3. The maximum Gasteiger partial charge on any atom is 0.306 e. The molecule has 0 aromatic heterocycles. The van der Waals surface area contributed by atoms with Crippen molar-refractivity contribution < 1.29 is 22.7 Å². The molecule has 2 aromatic rings. The summed E-state index contributed by atoms with van der Waals surface area (Å²) in [5.74, 6) is 1.11. The van der Waals surface area contributed by atoms with Crippen LogP contribution in [0.25, 0.3) is 0 Å². The van der Waals surface area contributed by atoms with E-state index in [0.717, 1.165) is 91.6 Å². The summed E-state index contributed by atoms with van der Waals surface area (Å²) in [7, 11) is 1.20. The van der Waals surface area contributed by atoms with Crippen molar-refractivity contribution in [1.29, 1.82) is 0 Å². The molecule has 2 heterocycles. The number of anilines is 2. The van der Waals surface area contributed by atoms with Crippen LogP contribution < -0.4 is 9.64 Å².